The molecule has 1 saturated heterocycles. The van der Waals surface area contributed by atoms with Crippen LogP contribution in [0, 0.1) is 5.41 Å². The van der Waals surface area contributed by atoms with Crippen molar-refractivity contribution in [3.63, 3.8) is 0 Å². The summed E-state index contributed by atoms with van der Waals surface area (Å²) in [5.41, 5.74) is 1.48. The van der Waals surface area contributed by atoms with Crippen LogP contribution < -0.4 is 5.32 Å². The highest BCUT2D eigenvalue weighted by molar-refractivity contribution is 6.42. The van der Waals surface area contributed by atoms with Crippen LogP contribution in [0.15, 0.2) is 18.2 Å². The first kappa shape index (κ1) is 17.1. The summed E-state index contributed by atoms with van der Waals surface area (Å²) >= 11 is 12.2. The highest BCUT2D eigenvalue weighted by Gasteiger charge is 2.34. The molecule has 1 heterocycles. The Balaban J connectivity index is 2.17. The second-order valence-electron chi connectivity index (χ2n) is 7.07. The van der Waals surface area contributed by atoms with Gasteiger partial charge in [-0.3, -0.25) is 4.90 Å². The van der Waals surface area contributed by atoms with Gasteiger partial charge in [-0.25, -0.2) is 0 Å². The van der Waals surface area contributed by atoms with Crippen LogP contribution in [0.1, 0.15) is 39.7 Å². The van der Waals surface area contributed by atoms with Crippen molar-refractivity contribution in [3.05, 3.63) is 33.8 Å². The molecule has 118 valence electrons. The molecule has 2 nitrogen and oxygen atoms in total. The summed E-state index contributed by atoms with van der Waals surface area (Å²) in [6, 6.07) is 7.06. The fourth-order valence-electron chi connectivity index (χ4n) is 3.06. The largest absolute Gasteiger partial charge is 0.311 e. The first-order valence-electron chi connectivity index (χ1n) is 7.72. The molecule has 4 heteroatoms. The summed E-state index contributed by atoms with van der Waals surface area (Å²) in [6.07, 6.45) is 1.16. The average Bonchev–Trinajstić information content (AvgIpc) is 2.41. The minimum absolute atomic E-state index is 0.252. The van der Waals surface area contributed by atoms with Crippen LogP contribution in [0.25, 0.3) is 0 Å². The van der Waals surface area contributed by atoms with Gasteiger partial charge in [-0.05, 0) is 29.5 Å². The Morgan fingerprint density at radius 2 is 1.95 bits per heavy atom. The Morgan fingerprint density at radius 3 is 2.52 bits per heavy atom. The van der Waals surface area contributed by atoms with E-state index in [0.717, 1.165) is 26.1 Å². The van der Waals surface area contributed by atoms with Crippen molar-refractivity contribution >= 4 is 23.2 Å². The average molecular weight is 329 g/mol. The van der Waals surface area contributed by atoms with Crippen LogP contribution in [0.5, 0.6) is 0 Å². The maximum atomic E-state index is 6.15. The van der Waals surface area contributed by atoms with Gasteiger partial charge in [0, 0.05) is 31.7 Å². The van der Waals surface area contributed by atoms with E-state index in [9.17, 15) is 0 Å². The van der Waals surface area contributed by atoms with Crippen molar-refractivity contribution in [1.29, 1.82) is 0 Å². The summed E-state index contributed by atoms with van der Waals surface area (Å²) in [5, 5.41) is 4.94. The quantitative estimate of drug-likeness (QED) is 0.872. The molecule has 2 rings (SSSR count). The van der Waals surface area contributed by atoms with Gasteiger partial charge in [0.2, 0.25) is 0 Å². The number of nitrogens with zero attached hydrogens (tertiary/aromatic N) is 1. The van der Waals surface area contributed by atoms with E-state index in [2.05, 4.69) is 44.0 Å². The van der Waals surface area contributed by atoms with Crippen LogP contribution in [-0.2, 0) is 6.54 Å². The molecule has 1 fully saturated rings. The molecular weight excluding hydrogens is 303 g/mol. The van der Waals surface area contributed by atoms with Crippen LogP contribution in [0.2, 0.25) is 10.0 Å². The van der Waals surface area contributed by atoms with Gasteiger partial charge in [0.15, 0.2) is 0 Å². The van der Waals surface area contributed by atoms with Crippen LogP contribution in [-0.4, -0.2) is 30.1 Å². The highest BCUT2D eigenvalue weighted by atomic mass is 35.5. The fourth-order valence-corrected chi connectivity index (χ4v) is 3.38. The van der Waals surface area contributed by atoms with Crippen molar-refractivity contribution in [2.75, 3.05) is 13.1 Å². The smallest absolute Gasteiger partial charge is 0.0595 e. The Hall–Kier alpha value is -0.280. The SMILES string of the molecule is CCC1CN(Cc2ccc(Cl)c(Cl)c2)C(C(C)(C)C)CN1. The molecule has 0 radical (unpaired) electrons. The molecule has 1 aliphatic rings. The first-order valence-corrected chi connectivity index (χ1v) is 8.48. The molecule has 0 aromatic heterocycles. The van der Waals surface area contributed by atoms with E-state index in [1.807, 2.05) is 12.1 Å². The second-order valence-corrected chi connectivity index (χ2v) is 7.89. The van der Waals surface area contributed by atoms with E-state index in [0.29, 0.717) is 22.1 Å². The van der Waals surface area contributed by atoms with E-state index in [1.165, 1.54) is 5.56 Å². The van der Waals surface area contributed by atoms with Crippen LogP contribution in [0.4, 0.5) is 0 Å². The van der Waals surface area contributed by atoms with Crippen LogP contribution in [0.3, 0.4) is 0 Å². The molecule has 1 aliphatic heterocycles. The topological polar surface area (TPSA) is 15.3 Å². The predicted octanol–water partition coefficient (Wildman–Crippen LogP) is 4.59. The van der Waals surface area contributed by atoms with E-state index in [1.54, 1.807) is 0 Å². The molecule has 1 aromatic carbocycles. The van der Waals surface area contributed by atoms with Gasteiger partial charge in [0.1, 0.15) is 0 Å². The van der Waals surface area contributed by atoms with E-state index in [4.69, 9.17) is 23.2 Å². The Kier molecular flexibility index (Phi) is 5.59. The van der Waals surface area contributed by atoms with Crippen molar-refractivity contribution in [2.45, 2.75) is 52.7 Å². The minimum atomic E-state index is 0.252. The number of halogens is 2. The molecule has 0 bridgehead atoms. The zero-order chi connectivity index (χ0) is 15.6. The van der Waals surface area contributed by atoms with Crippen molar-refractivity contribution < 1.29 is 0 Å². The molecule has 0 spiro atoms. The Labute approximate surface area is 138 Å². The number of piperazine rings is 1. The summed E-state index contributed by atoms with van der Waals surface area (Å²) in [5.74, 6) is 0. The molecule has 0 aliphatic carbocycles. The lowest BCUT2D eigenvalue weighted by Crippen LogP contribution is -2.59. The third-order valence-electron chi connectivity index (χ3n) is 4.36. The molecule has 21 heavy (non-hydrogen) atoms. The zero-order valence-corrected chi connectivity index (χ0v) is 14.9. The van der Waals surface area contributed by atoms with Gasteiger partial charge in [0.25, 0.3) is 0 Å². The lowest BCUT2D eigenvalue weighted by Gasteiger charge is -2.46. The normalized spacial score (nSPS) is 24.3. The van der Waals surface area contributed by atoms with Crippen LogP contribution >= 0.6 is 23.2 Å². The Morgan fingerprint density at radius 1 is 1.24 bits per heavy atom. The van der Waals surface area contributed by atoms with Crippen molar-refractivity contribution in [1.82, 2.24) is 10.2 Å². The van der Waals surface area contributed by atoms with E-state index < -0.39 is 0 Å². The number of nitrogens with one attached hydrogen (secondary N) is 1. The number of hydrogen-bond acceptors (Lipinski definition) is 2. The molecule has 0 saturated carbocycles. The lowest BCUT2D eigenvalue weighted by atomic mass is 9.83. The van der Waals surface area contributed by atoms with Gasteiger partial charge < -0.3 is 5.32 Å². The third kappa shape index (κ3) is 4.35. The van der Waals surface area contributed by atoms with Gasteiger partial charge in [-0.2, -0.15) is 0 Å². The standard InChI is InChI=1S/C17H26Cl2N2/c1-5-13-11-21(16(9-20-13)17(2,3)4)10-12-6-7-14(18)15(19)8-12/h6-8,13,16,20H,5,9-11H2,1-4H3. The van der Waals surface area contributed by atoms with Crippen molar-refractivity contribution in [2.24, 2.45) is 5.41 Å². The molecular formula is C17H26Cl2N2. The lowest BCUT2D eigenvalue weighted by molar-refractivity contribution is 0.0485. The van der Waals surface area contributed by atoms with E-state index >= 15 is 0 Å². The maximum Gasteiger partial charge on any atom is 0.0595 e. The molecule has 0 amide bonds. The first-order chi connectivity index (χ1) is 9.81. The van der Waals surface area contributed by atoms with Gasteiger partial charge in [0.05, 0.1) is 10.0 Å². The third-order valence-corrected chi connectivity index (χ3v) is 5.10. The summed E-state index contributed by atoms with van der Waals surface area (Å²) < 4.78 is 0. The predicted molar refractivity (Wildman–Crippen MR) is 92.2 cm³/mol. The highest BCUT2D eigenvalue weighted by Crippen LogP contribution is 2.29. The molecule has 2 unspecified atom stereocenters. The number of rotatable bonds is 3. The maximum absolute atomic E-state index is 6.15. The summed E-state index contributed by atoms with van der Waals surface area (Å²) in [4.78, 5) is 2.59. The molecule has 1 N–H and O–H groups in total. The monoisotopic (exact) mass is 328 g/mol. The number of hydrogen-bond donors (Lipinski definition) is 1. The van der Waals surface area contributed by atoms with Gasteiger partial charge in [-0.1, -0.05) is 57.0 Å². The minimum Gasteiger partial charge on any atom is -0.311 e. The van der Waals surface area contributed by atoms with E-state index in [-0.39, 0.29) is 5.41 Å². The second kappa shape index (κ2) is 6.87. The summed E-state index contributed by atoms with van der Waals surface area (Å²) in [7, 11) is 0. The fraction of sp³-hybridized carbons (Fsp3) is 0.647. The molecule has 2 atom stereocenters. The zero-order valence-electron chi connectivity index (χ0n) is 13.4. The number of benzene rings is 1. The Bertz CT molecular complexity index is 482. The summed E-state index contributed by atoms with van der Waals surface area (Å²) in [6.45, 7) is 12.2. The molecule has 1 aromatic rings. The van der Waals surface area contributed by atoms with Gasteiger partial charge >= 0.3 is 0 Å². The van der Waals surface area contributed by atoms with Crippen molar-refractivity contribution in [3.8, 4) is 0 Å². The van der Waals surface area contributed by atoms with Gasteiger partial charge in [-0.15, -0.1) is 0 Å².